The Hall–Kier alpha value is -0.350. The molecule has 2 nitrogen and oxygen atoms in total. The van der Waals surface area contributed by atoms with Crippen LogP contribution in [0.4, 0.5) is 0 Å². The van der Waals surface area contributed by atoms with Gasteiger partial charge in [0.1, 0.15) is 4.32 Å². The number of hydrogen-bond donors (Lipinski definition) is 0. The molecule has 1 saturated heterocycles. The van der Waals surface area contributed by atoms with Crippen LogP contribution in [0.5, 0.6) is 0 Å². The molecule has 1 aliphatic rings. The SMILES string of the molecule is C=C(C)C(=O)CCN1CCSC1=S. The molecule has 0 aliphatic carbocycles. The maximum absolute atomic E-state index is 11.2. The summed E-state index contributed by atoms with van der Waals surface area (Å²) in [5, 5.41) is 0. The van der Waals surface area contributed by atoms with Crippen LogP contribution in [0.15, 0.2) is 12.2 Å². The summed E-state index contributed by atoms with van der Waals surface area (Å²) in [6.07, 6.45) is 0.538. The second-order valence-electron chi connectivity index (χ2n) is 3.05. The van der Waals surface area contributed by atoms with Crippen molar-refractivity contribution in [2.24, 2.45) is 0 Å². The van der Waals surface area contributed by atoms with E-state index < -0.39 is 0 Å². The first kappa shape index (κ1) is 10.7. The lowest BCUT2D eigenvalue weighted by atomic mass is 10.1. The minimum Gasteiger partial charge on any atom is -0.356 e. The van der Waals surface area contributed by atoms with Crippen LogP contribution in [0.3, 0.4) is 0 Å². The average molecular weight is 215 g/mol. The molecule has 4 heteroatoms. The molecule has 0 atom stereocenters. The van der Waals surface area contributed by atoms with E-state index in [1.807, 2.05) is 0 Å². The van der Waals surface area contributed by atoms with Crippen LogP contribution >= 0.6 is 24.0 Å². The van der Waals surface area contributed by atoms with Crippen molar-refractivity contribution in [3.8, 4) is 0 Å². The van der Waals surface area contributed by atoms with Gasteiger partial charge in [-0.1, -0.05) is 30.6 Å². The predicted molar refractivity (Wildman–Crippen MR) is 61.1 cm³/mol. The summed E-state index contributed by atoms with van der Waals surface area (Å²) in [7, 11) is 0. The van der Waals surface area contributed by atoms with Gasteiger partial charge in [-0.25, -0.2) is 0 Å². The number of nitrogens with zero attached hydrogens (tertiary/aromatic N) is 1. The third-order valence-electron chi connectivity index (χ3n) is 1.93. The van der Waals surface area contributed by atoms with Gasteiger partial charge >= 0.3 is 0 Å². The molecule has 13 heavy (non-hydrogen) atoms. The zero-order valence-electron chi connectivity index (χ0n) is 7.71. The van der Waals surface area contributed by atoms with Crippen molar-refractivity contribution >= 4 is 34.1 Å². The van der Waals surface area contributed by atoms with Crippen molar-refractivity contribution in [2.75, 3.05) is 18.8 Å². The number of thioether (sulfide) groups is 1. The molecule has 0 saturated carbocycles. The molecule has 0 N–H and O–H groups in total. The molecular weight excluding hydrogens is 202 g/mol. The highest BCUT2D eigenvalue weighted by atomic mass is 32.2. The highest BCUT2D eigenvalue weighted by molar-refractivity contribution is 8.23. The number of hydrogen-bond acceptors (Lipinski definition) is 3. The summed E-state index contributed by atoms with van der Waals surface area (Å²) in [6, 6.07) is 0. The van der Waals surface area contributed by atoms with Crippen molar-refractivity contribution in [2.45, 2.75) is 13.3 Å². The zero-order chi connectivity index (χ0) is 9.84. The number of Topliss-reactive ketones (excluding diaryl/α,β-unsaturated/α-hetero) is 1. The summed E-state index contributed by atoms with van der Waals surface area (Å²) >= 11 is 6.80. The van der Waals surface area contributed by atoms with Gasteiger partial charge in [0.25, 0.3) is 0 Å². The van der Waals surface area contributed by atoms with Crippen LogP contribution in [-0.2, 0) is 4.79 Å². The van der Waals surface area contributed by atoms with Crippen molar-refractivity contribution in [3.63, 3.8) is 0 Å². The Labute approximate surface area is 88.4 Å². The van der Waals surface area contributed by atoms with Gasteiger partial charge in [0, 0.05) is 25.3 Å². The number of rotatable bonds is 4. The Morgan fingerprint density at radius 3 is 2.92 bits per heavy atom. The third kappa shape index (κ3) is 3.12. The molecule has 0 aromatic heterocycles. The van der Waals surface area contributed by atoms with Crippen molar-refractivity contribution in [3.05, 3.63) is 12.2 Å². The molecule has 0 spiro atoms. The Morgan fingerprint density at radius 2 is 2.46 bits per heavy atom. The van der Waals surface area contributed by atoms with Crippen LogP contribution in [0.25, 0.3) is 0 Å². The van der Waals surface area contributed by atoms with Crippen molar-refractivity contribution in [1.82, 2.24) is 4.90 Å². The van der Waals surface area contributed by atoms with Gasteiger partial charge in [-0.3, -0.25) is 4.79 Å². The number of carbonyl (C=O) groups is 1. The Balaban J connectivity index is 2.30. The van der Waals surface area contributed by atoms with E-state index >= 15 is 0 Å². The van der Waals surface area contributed by atoms with Gasteiger partial charge in [-0.2, -0.15) is 0 Å². The lowest BCUT2D eigenvalue weighted by Gasteiger charge is -2.15. The molecule has 0 aromatic carbocycles. The number of carbonyl (C=O) groups excluding carboxylic acids is 1. The van der Waals surface area contributed by atoms with E-state index in [1.54, 1.807) is 18.7 Å². The smallest absolute Gasteiger partial charge is 0.159 e. The Kier molecular flexibility index (Phi) is 3.93. The molecule has 0 aromatic rings. The molecule has 1 fully saturated rings. The summed E-state index contributed by atoms with van der Waals surface area (Å²) in [5.74, 6) is 1.19. The molecular formula is C9H13NOS2. The van der Waals surface area contributed by atoms with Gasteiger partial charge in [0.2, 0.25) is 0 Å². The summed E-state index contributed by atoms with van der Waals surface area (Å²) in [4.78, 5) is 13.3. The third-order valence-corrected chi connectivity index (χ3v) is 3.43. The fraction of sp³-hybridized carbons (Fsp3) is 0.556. The van der Waals surface area contributed by atoms with Crippen LogP contribution in [-0.4, -0.2) is 33.8 Å². The molecule has 0 bridgehead atoms. The fourth-order valence-electron chi connectivity index (χ4n) is 1.08. The standard InChI is InChI=1S/C9H13NOS2/c1-7(2)8(11)3-4-10-5-6-13-9(10)12/h1,3-6H2,2H3. The zero-order valence-corrected chi connectivity index (χ0v) is 9.34. The van der Waals surface area contributed by atoms with Gasteiger partial charge in [-0.05, 0) is 12.5 Å². The summed E-state index contributed by atoms with van der Waals surface area (Å²) < 4.78 is 0.925. The maximum Gasteiger partial charge on any atom is 0.159 e. The van der Waals surface area contributed by atoms with E-state index in [-0.39, 0.29) is 5.78 Å². The van der Waals surface area contributed by atoms with Crippen molar-refractivity contribution in [1.29, 1.82) is 0 Å². The fourth-order valence-corrected chi connectivity index (χ4v) is 2.36. The van der Waals surface area contributed by atoms with E-state index in [4.69, 9.17) is 12.2 Å². The van der Waals surface area contributed by atoms with Gasteiger partial charge in [0.15, 0.2) is 5.78 Å². The lowest BCUT2D eigenvalue weighted by molar-refractivity contribution is -0.115. The number of allylic oxidation sites excluding steroid dienone is 1. The first-order valence-electron chi connectivity index (χ1n) is 4.21. The number of thiocarbonyl (C=S) groups is 1. The molecule has 0 amide bonds. The van der Waals surface area contributed by atoms with E-state index in [1.165, 1.54) is 0 Å². The summed E-state index contributed by atoms with van der Waals surface area (Å²) in [5.41, 5.74) is 0.637. The minimum absolute atomic E-state index is 0.139. The van der Waals surface area contributed by atoms with Crippen LogP contribution in [0.2, 0.25) is 0 Å². The molecule has 1 heterocycles. The first-order valence-corrected chi connectivity index (χ1v) is 5.61. The van der Waals surface area contributed by atoms with E-state index in [0.29, 0.717) is 12.0 Å². The largest absolute Gasteiger partial charge is 0.356 e. The molecule has 1 rings (SSSR count). The molecule has 0 unspecified atom stereocenters. The Bertz CT molecular complexity index is 250. The predicted octanol–water partition coefficient (Wildman–Crippen LogP) is 1.86. The topological polar surface area (TPSA) is 20.3 Å². The van der Waals surface area contributed by atoms with Gasteiger partial charge in [0.05, 0.1) is 0 Å². The summed E-state index contributed by atoms with van der Waals surface area (Å²) in [6.45, 7) is 7.09. The lowest BCUT2D eigenvalue weighted by Crippen LogP contribution is -2.25. The van der Waals surface area contributed by atoms with Crippen molar-refractivity contribution < 1.29 is 4.79 Å². The maximum atomic E-state index is 11.2. The van der Waals surface area contributed by atoms with Gasteiger partial charge in [-0.15, -0.1) is 0 Å². The van der Waals surface area contributed by atoms with Crippen LogP contribution in [0.1, 0.15) is 13.3 Å². The quantitative estimate of drug-likeness (QED) is 0.526. The highest BCUT2D eigenvalue weighted by Gasteiger charge is 2.17. The van der Waals surface area contributed by atoms with Crippen LogP contribution < -0.4 is 0 Å². The van der Waals surface area contributed by atoms with E-state index in [2.05, 4.69) is 11.5 Å². The van der Waals surface area contributed by atoms with Gasteiger partial charge < -0.3 is 4.90 Å². The second-order valence-corrected chi connectivity index (χ2v) is 4.78. The molecule has 72 valence electrons. The average Bonchev–Trinajstić information content (AvgIpc) is 2.47. The molecule has 1 aliphatic heterocycles. The second kappa shape index (κ2) is 4.77. The first-order chi connectivity index (χ1) is 6.11. The highest BCUT2D eigenvalue weighted by Crippen LogP contribution is 2.17. The Morgan fingerprint density at radius 1 is 1.77 bits per heavy atom. The minimum atomic E-state index is 0.139. The van der Waals surface area contributed by atoms with E-state index in [0.717, 1.165) is 23.2 Å². The monoisotopic (exact) mass is 215 g/mol. The number of ketones is 1. The normalized spacial score (nSPS) is 16.4. The van der Waals surface area contributed by atoms with Crippen LogP contribution in [0, 0.1) is 0 Å². The molecule has 0 radical (unpaired) electrons. The van der Waals surface area contributed by atoms with E-state index in [9.17, 15) is 4.79 Å².